The Hall–Kier alpha value is -5.57. The smallest absolute Gasteiger partial charge is 0.148 e. The van der Waals surface area contributed by atoms with Crippen molar-refractivity contribution in [2.75, 3.05) is 0 Å². The molecule has 5 heteroatoms. The average Bonchev–Trinajstić information content (AvgIpc) is 3.65. The monoisotopic (exact) mass is 975 g/mol. The predicted octanol–water partition coefficient (Wildman–Crippen LogP) is 14.6. The van der Waals surface area contributed by atoms with Gasteiger partial charge in [-0.3, -0.25) is 9.55 Å². The number of para-hydroxylation sites is 1. The third-order valence-electron chi connectivity index (χ3n) is 10.9. The van der Waals surface area contributed by atoms with Crippen molar-refractivity contribution in [2.24, 2.45) is 0 Å². The third-order valence-corrected chi connectivity index (χ3v) is 10.9. The van der Waals surface area contributed by atoms with Gasteiger partial charge in [-0.05, 0) is 99.8 Å². The number of aryl methyl sites for hydroxylation is 2. The Balaban J connectivity index is 0.00000684. The number of aromatic nitrogens is 3. The molecule has 8 aromatic rings. The Morgan fingerprint density at radius 1 is 0.717 bits per heavy atom. The van der Waals surface area contributed by atoms with Crippen LogP contribution in [0.15, 0.2) is 133 Å². The molecule has 4 nitrogen and oxygen atoms in total. The van der Waals surface area contributed by atoms with Crippen molar-refractivity contribution in [1.29, 1.82) is 0 Å². The summed E-state index contributed by atoms with van der Waals surface area (Å²) in [4.78, 5) is 9.88. The fourth-order valence-corrected chi connectivity index (χ4v) is 7.56. The Bertz CT molecular complexity index is 3310. The van der Waals surface area contributed by atoms with Crippen molar-refractivity contribution in [3.05, 3.63) is 167 Å². The summed E-state index contributed by atoms with van der Waals surface area (Å²) in [5, 5.41) is 11.8. The molecule has 2 aromatic heterocycles. The summed E-state index contributed by atoms with van der Waals surface area (Å²) >= 11 is 0. The van der Waals surface area contributed by atoms with Crippen molar-refractivity contribution in [1.82, 2.24) is 14.5 Å². The second kappa shape index (κ2) is 16.5. The summed E-state index contributed by atoms with van der Waals surface area (Å²) in [6.45, 7) is 20.3. The van der Waals surface area contributed by atoms with Crippen molar-refractivity contribution in [3.8, 4) is 67.5 Å². The van der Waals surface area contributed by atoms with Crippen LogP contribution in [0.4, 0.5) is 0 Å². The SMILES string of the molecule is [2H]c1cc(-c2c([2H])c([2H])nc(-c3[c-]c(-c4cccc5c4nc(-c4cc(C)cc(C)c4O)n5-c4ccc(C([2H])(C)C)cc4-c4ccc(C(C)(C)C)cc4)cc(C(C)(C)C)c3)c2[2H])c([2H])c([2H])c1[2H].[Pt]. The van der Waals surface area contributed by atoms with Gasteiger partial charge >= 0.3 is 0 Å². The van der Waals surface area contributed by atoms with Gasteiger partial charge in [0.25, 0.3) is 0 Å². The van der Waals surface area contributed by atoms with Crippen LogP contribution in [0.25, 0.3) is 72.7 Å². The maximum atomic E-state index is 11.8. The molecule has 0 spiro atoms. The molecule has 306 valence electrons. The molecule has 1 N–H and O–H groups in total. The summed E-state index contributed by atoms with van der Waals surface area (Å²) in [5.41, 5.74) is 10.1. The number of rotatable bonds is 7. The molecule has 2 heterocycles. The minimum absolute atomic E-state index is 0. The van der Waals surface area contributed by atoms with E-state index in [4.69, 9.17) is 14.6 Å². The van der Waals surface area contributed by atoms with Crippen molar-refractivity contribution < 1.29 is 37.1 Å². The van der Waals surface area contributed by atoms with Crippen molar-refractivity contribution in [3.63, 3.8) is 0 Å². The van der Waals surface area contributed by atoms with Gasteiger partial charge in [-0.15, -0.1) is 29.3 Å². The van der Waals surface area contributed by atoms with E-state index in [1.165, 1.54) is 11.6 Å². The van der Waals surface area contributed by atoms with Crippen LogP contribution in [0.2, 0.25) is 0 Å². The Morgan fingerprint density at radius 3 is 2.17 bits per heavy atom. The fourth-order valence-electron chi connectivity index (χ4n) is 7.56. The van der Waals surface area contributed by atoms with E-state index < -0.39 is 41.7 Å². The van der Waals surface area contributed by atoms with E-state index >= 15 is 0 Å². The molecule has 0 aliphatic carbocycles. The van der Waals surface area contributed by atoms with Crippen LogP contribution in [0, 0.1) is 19.9 Å². The number of imidazole rings is 1. The molecule has 6 aromatic carbocycles. The molecular formula is C55H54N3OPt-. The summed E-state index contributed by atoms with van der Waals surface area (Å²) in [7, 11) is 0. The van der Waals surface area contributed by atoms with E-state index in [2.05, 4.69) is 87.5 Å². The molecule has 0 amide bonds. The zero-order valence-corrected chi connectivity index (χ0v) is 38.0. The first-order valence-electron chi connectivity index (χ1n) is 24.0. The van der Waals surface area contributed by atoms with E-state index in [1.54, 1.807) is 0 Å². The molecule has 0 atom stereocenters. The Morgan fingerprint density at radius 2 is 1.45 bits per heavy atom. The number of phenolic OH excluding ortho intramolecular Hbond substituents is 1. The Labute approximate surface area is 381 Å². The first-order valence-corrected chi connectivity index (χ1v) is 20.0. The van der Waals surface area contributed by atoms with Crippen LogP contribution >= 0.6 is 0 Å². The molecule has 0 saturated carbocycles. The number of aromatic hydroxyl groups is 1. The maximum Gasteiger partial charge on any atom is 0.148 e. The van der Waals surface area contributed by atoms with Gasteiger partial charge in [-0.1, -0.05) is 151 Å². The van der Waals surface area contributed by atoms with Crippen LogP contribution in [0.5, 0.6) is 5.75 Å². The van der Waals surface area contributed by atoms with E-state index in [0.717, 1.165) is 39.0 Å². The third kappa shape index (κ3) is 8.28. The first-order chi connectivity index (χ1) is 31.3. The molecule has 0 radical (unpaired) electrons. The topological polar surface area (TPSA) is 50.9 Å². The summed E-state index contributed by atoms with van der Waals surface area (Å²) in [6.07, 6.45) is -0.452. The van der Waals surface area contributed by atoms with Gasteiger partial charge in [-0.2, -0.15) is 0 Å². The number of hydrogen-bond acceptors (Lipinski definition) is 3. The van der Waals surface area contributed by atoms with E-state index in [1.807, 2.05) is 82.3 Å². The fraction of sp³-hybridized carbons (Fsp3) is 0.236. The average molecular weight is 976 g/mol. The minimum atomic E-state index is -0.898. The number of pyridine rings is 1. The van der Waals surface area contributed by atoms with Gasteiger partial charge in [0.05, 0.1) is 31.9 Å². The van der Waals surface area contributed by atoms with Gasteiger partial charge in [0.2, 0.25) is 0 Å². The van der Waals surface area contributed by atoms with E-state index in [0.29, 0.717) is 39.2 Å². The number of benzene rings is 6. The van der Waals surface area contributed by atoms with Gasteiger partial charge in [0.15, 0.2) is 0 Å². The van der Waals surface area contributed by atoms with Gasteiger partial charge in [0, 0.05) is 39.9 Å². The second-order valence-electron chi connectivity index (χ2n) is 17.7. The predicted molar refractivity (Wildman–Crippen MR) is 248 cm³/mol. The molecule has 0 unspecified atom stereocenters. The van der Waals surface area contributed by atoms with Gasteiger partial charge < -0.3 is 5.11 Å². The van der Waals surface area contributed by atoms with E-state index in [9.17, 15) is 6.48 Å². The normalized spacial score (nSPS) is 14.0. The molecule has 0 aliphatic rings. The summed E-state index contributed by atoms with van der Waals surface area (Å²) < 4.78 is 71.6. The molecule has 8 rings (SSSR count). The molecule has 0 aliphatic heterocycles. The Kier molecular flexibility index (Phi) is 9.11. The van der Waals surface area contributed by atoms with Crippen LogP contribution < -0.4 is 0 Å². The van der Waals surface area contributed by atoms with Gasteiger partial charge in [-0.25, -0.2) is 4.98 Å². The number of fused-ring (bicyclic) bond motifs is 1. The summed E-state index contributed by atoms with van der Waals surface area (Å²) in [5.74, 6) is -0.296. The molecule has 60 heavy (non-hydrogen) atoms. The number of hydrogen-bond donors (Lipinski definition) is 1. The molecule has 0 fully saturated rings. The van der Waals surface area contributed by atoms with Crippen LogP contribution in [-0.4, -0.2) is 19.6 Å². The zero-order valence-electron chi connectivity index (χ0n) is 43.8. The van der Waals surface area contributed by atoms with Crippen molar-refractivity contribution >= 4 is 11.0 Å². The molecule has 0 bridgehead atoms. The standard InChI is InChI=1S/C55H54N3O.Pt/c1-34(2)39-21-24-49(46(32-39)38-19-22-43(23-20-38)54(5,6)7)58-50-18-14-17-45(51(50)57-53(58)47-28-35(3)27-36(4)52(47)59)41-29-42(31-44(30-41)55(8,9)10)48-33-40(25-26-56-48)37-15-12-11-13-16-37;/h11-28,30-34,59H,1-10H3;/q-1;/i11D,12D,13D,15D,25D,26D,33D,34D;. The zero-order chi connectivity index (χ0) is 48.8. The maximum absolute atomic E-state index is 11.8. The minimum Gasteiger partial charge on any atom is -0.507 e. The van der Waals surface area contributed by atoms with E-state index in [-0.39, 0.29) is 61.1 Å². The van der Waals surface area contributed by atoms with Crippen molar-refractivity contribution in [2.45, 2.75) is 86.0 Å². The molecule has 0 saturated heterocycles. The first kappa shape index (κ1) is 33.2. The van der Waals surface area contributed by atoms with Crippen LogP contribution in [-0.2, 0) is 31.9 Å². The second-order valence-corrected chi connectivity index (χ2v) is 17.7. The summed E-state index contributed by atoms with van der Waals surface area (Å²) in [6, 6.07) is 30.6. The number of nitrogens with zero attached hydrogens (tertiary/aromatic N) is 3. The van der Waals surface area contributed by atoms with Crippen LogP contribution in [0.1, 0.15) is 100 Å². The molecular weight excluding hydrogens is 914 g/mol. The van der Waals surface area contributed by atoms with Crippen LogP contribution in [0.3, 0.4) is 0 Å². The van der Waals surface area contributed by atoms with Gasteiger partial charge in [0.1, 0.15) is 11.6 Å². The quantitative estimate of drug-likeness (QED) is 0.162. The number of phenols is 1. The largest absolute Gasteiger partial charge is 0.507 e.